The highest BCUT2D eigenvalue weighted by Crippen LogP contribution is 2.27. The molecule has 1 fully saturated rings. The van der Waals surface area contributed by atoms with E-state index < -0.39 is 11.5 Å². The molecule has 0 unspecified atom stereocenters. The number of nitrogens with one attached hydrogen (secondary N) is 1. The number of hydrogen-bond acceptors (Lipinski definition) is 4. The first-order chi connectivity index (χ1) is 6.18. The molecule has 1 aliphatic heterocycles. The molecule has 1 rings (SSSR count). The minimum Gasteiger partial charge on any atom is -0.448 e. The Morgan fingerprint density at radius 2 is 2.23 bits per heavy atom. The lowest BCUT2D eigenvalue weighted by molar-refractivity contribution is 0.0984. The maximum absolute atomic E-state index is 10.4. The SMILES string of the molecule is N#CC1(COC(N)=O)CCNCC1. The largest absolute Gasteiger partial charge is 0.448 e. The molecule has 72 valence electrons. The van der Waals surface area contributed by atoms with Gasteiger partial charge in [-0.1, -0.05) is 0 Å². The van der Waals surface area contributed by atoms with Crippen LogP contribution in [0.1, 0.15) is 12.8 Å². The van der Waals surface area contributed by atoms with E-state index in [2.05, 4.69) is 16.1 Å². The highest BCUT2D eigenvalue weighted by atomic mass is 16.5. The van der Waals surface area contributed by atoms with E-state index >= 15 is 0 Å². The molecular formula is C8H13N3O2. The summed E-state index contributed by atoms with van der Waals surface area (Å²) in [6, 6.07) is 2.20. The average Bonchev–Trinajstić information content (AvgIpc) is 2.16. The van der Waals surface area contributed by atoms with Crippen LogP contribution in [-0.4, -0.2) is 25.8 Å². The highest BCUT2D eigenvalue weighted by molar-refractivity contribution is 5.64. The van der Waals surface area contributed by atoms with Gasteiger partial charge in [-0.3, -0.25) is 0 Å². The number of ether oxygens (including phenoxy) is 1. The summed E-state index contributed by atoms with van der Waals surface area (Å²) in [6.45, 7) is 1.69. The van der Waals surface area contributed by atoms with Crippen LogP contribution in [-0.2, 0) is 4.74 Å². The van der Waals surface area contributed by atoms with Crippen molar-refractivity contribution in [1.29, 1.82) is 5.26 Å². The Labute approximate surface area is 76.8 Å². The van der Waals surface area contributed by atoms with E-state index in [-0.39, 0.29) is 6.61 Å². The summed E-state index contributed by atoms with van der Waals surface area (Å²) in [5.74, 6) is 0. The van der Waals surface area contributed by atoms with Gasteiger partial charge < -0.3 is 15.8 Å². The first kappa shape index (κ1) is 9.81. The van der Waals surface area contributed by atoms with E-state index in [9.17, 15) is 4.79 Å². The quantitative estimate of drug-likeness (QED) is 0.629. The first-order valence-electron chi connectivity index (χ1n) is 4.23. The van der Waals surface area contributed by atoms with Crippen molar-refractivity contribution < 1.29 is 9.53 Å². The number of carbonyl (C=O) groups is 1. The highest BCUT2D eigenvalue weighted by Gasteiger charge is 2.33. The second-order valence-corrected chi connectivity index (χ2v) is 3.25. The number of carbonyl (C=O) groups excluding carboxylic acids is 1. The van der Waals surface area contributed by atoms with Crippen LogP contribution in [0.25, 0.3) is 0 Å². The number of hydrogen-bond donors (Lipinski definition) is 2. The number of primary amides is 1. The van der Waals surface area contributed by atoms with Crippen LogP contribution in [0, 0.1) is 16.7 Å². The predicted octanol–water partition coefficient (Wildman–Crippen LogP) is -0.0249. The van der Waals surface area contributed by atoms with Crippen molar-refractivity contribution in [3.8, 4) is 6.07 Å². The van der Waals surface area contributed by atoms with Crippen molar-refractivity contribution in [2.75, 3.05) is 19.7 Å². The molecule has 1 amide bonds. The molecule has 0 spiro atoms. The van der Waals surface area contributed by atoms with Gasteiger partial charge in [0.1, 0.15) is 6.61 Å². The van der Waals surface area contributed by atoms with Crippen LogP contribution in [0.5, 0.6) is 0 Å². The van der Waals surface area contributed by atoms with Gasteiger partial charge in [-0.15, -0.1) is 0 Å². The van der Waals surface area contributed by atoms with Crippen molar-refractivity contribution >= 4 is 6.09 Å². The molecule has 0 aromatic rings. The van der Waals surface area contributed by atoms with Crippen molar-refractivity contribution in [1.82, 2.24) is 5.32 Å². The summed E-state index contributed by atoms with van der Waals surface area (Å²) in [5, 5.41) is 12.1. The van der Waals surface area contributed by atoms with Crippen LogP contribution in [0.15, 0.2) is 0 Å². The molecule has 1 heterocycles. The standard InChI is InChI=1S/C8H13N3O2/c9-5-8(6-13-7(10)12)1-3-11-4-2-8/h11H,1-4,6H2,(H2,10,12). The van der Waals surface area contributed by atoms with E-state index in [1.165, 1.54) is 0 Å². The monoisotopic (exact) mass is 183 g/mol. The zero-order valence-corrected chi connectivity index (χ0v) is 7.38. The van der Waals surface area contributed by atoms with E-state index in [1.54, 1.807) is 0 Å². The first-order valence-corrected chi connectivity index (χ1v) is 4.23. The number of rotatable bonds is 2. The lowest BCUT2D eigenvalue weighted by Gasteiger charge is -2.29. The average molecular weight is 183 g/mol. The summed E-state index contributed by atoms with van der Waals surface area (Å²) in [5.41, 5.74) is 4.31. The van der Waals surface area contributed by atoms with E-state index in [4.69, 9.17) is 11.0 Å². The van der Waals surface area contributed by atoms with Crippen LogP contribution in [0.4, 0.5) is 4.79 Å². The third-order valence-electron chi connectivity index (χ3n) is 2.29. The molecule has 0 bridgehead atoms. The lowest BCUT2D eigenvalue weighted by atomic mass is 9.81. The van der Waals surface area contributed by atoms with Gasteiger partial charge in [0.25, 0.3) is 0 Å². The van der Waals surface area contributed by atoms with Gasteiger partial charge in [-0.05, 0) is 25.9 Å². The van der Waals surface area contributed by atoms with Gasteiger partial charge in [-0.25, -0.2) is 4.79 Å². The molecule has 0 aliphatic carbocycles. The second-order valence-electron chi connectivity index (χ2n) is 3.25. The molecule has 0 aromatic heterocycles. The fourth-order valence-corrected chi connectivity index (χ4v) is 1.40. The summed E-state index contributed by atoms with van der Waals surface area (Å²) < 4.78 is 4.66. The van der Waals surface area contributed by atoms with Crippen molar-refractivity contribution in [3.05, 3.63) is 0 Å². The number of nitrogens with zero attached hydrogens (tertiary/aromatic N) is 1. The normalized spacial score (nSPS) is 20.2. The van der Waals surface area contributed by atoms with Gasteiger partial charge in [0.2, 0.25) is 0 Å². The van der Waals surface area contributed by atoms with Crippen LogP contribution in [0.3, 0.4) is 0 Å². The molecule has 5 heteroatoms. The second kappa shape index (κ2) is 4.10. The van der Waals surface area contributed by atoms with Gasteiger partial charge in [-0.2, -0.15) is 5.26 Å². The van der Waals surface area contributed by atoms with Gasteiger partial charge >= 0.3 is 6.09 Å². The zero-order valence-electron chi connectivity index (χ0n) is 7.38. The Balaban J connectivity index is 2.49. The van der Waals surface area contributed by atoms with E-state index in [0.717, 1.165) is 13.1 Å². The summed E-state index contributed by atoms with van der Waals surface area (Å²) in [6.07, 6.45) is 0.598. The summed E-state index contributed by atoms with van der Waals surface area (Å²) in [7, 11) is 0. The number of nitriles is 1. The third-order valence-corrected chi connectivity index (χ3v) is 2.29. The molecule has 0 radical (unpaired) electrons. The predicted molar refractivity (Wildman–Crippen MR) is 45.7 cm³/mol. The maximum atomic E-state index is 10.4. The number of amides is 1. The molecule has 0 aromatic carbocycles. The summed E-state index contributed by atoms with van der Waals surface area (Å²) >= 11 is 0. The van der Waals surface area contributed by atoms with Crippen LogP contribution in [0.2, 0.25) is 0 Å². The summed E-state index contributed by atoms with van der Waals surface area (Å²) in [4.78, 5) is 10.4. The Morgan fingerprint density at radius 3 is 2.69 bits per heavy atom. The van der Waals surface area contributed by atoms with Crippen LogP contribution < -0.4 is 11.1 Å². The minimum absolute atomic E-state index is 0.112. The third kappa shape index (κ3) is 2.60. The molecule has 3 N–H and O–H groups in total. The zero-order chi connectivity index (χ0) is 9.73. The molecule has 0 atom stereocenters. The Kier molecular flexibility index (Phi) is 3.09. The topological polar surface area (TPSA) is 88.1 Å². The molecule has 1 saturated heterocycles. The number of nitrogens with two attached hydrogens (primary N) is 1. The lowest BCUT2D eigenvalue weighted by Crippen LogP contribution is -2.39. The van der Waals surface area contributed by atoms with Gasteiger partial charge in [0, 0.05) is 0 Å². The maximum Gasteiger partial charge on any atom is 0.404 e. The molecular weight excluding hydrogens is 170 g/mol. The Morgan fingerprint density at radius 1 is 1.62 bits per heavy atom. The van der Waals surface area contributed by atoms with E-state index in [0.29, 0.717) is 12.8 Å². The van der Waals surface area contributed by atoms with Gasteiger partial charge in [0.05, 0.1) is 11.5 Å². The van der Waals surface area contributed by atoms with Crippen molar-refractivity contribution in [3.63, 3.8) is 0 Å². The van der Waals surface area contributed by atoms with Gasteiger partial charge in [0.15, 0.2) is 0 Å². The van der Waals surface area contributed by atoms with Crippen molar-refractivity contribution in [2.45, 2.75) is 12.8 Å². The fourth-order valence-electron chi connectivity index (χ4n) is 1.40. The Bertz CT molecular complexity index is 228. The minimum atomic E-state index is -0.812. The van der Waals surface area contributed by atoms with Crippen LogP contribution >= 0.6 is 0 Å². The molecule has 1 aliphatic rings. The Hall–Kier alpha value is -1.28. The fraction of sp³-hybridized carbons (Fsp3) is 0.750. The smallest absolute Gasteiger partial charge is 0.404 e. The van der Waals surface area contributed by atoms with Crippen molar-refractivity contribution in [2.24, 2.45) is 11.1 Å². The molecule has 13 heavy (non-hydrogen) atoms. The molecule has 0 saturated carbocycles. The molecule has 5 nitrogen and oxygen atoms in total. The number of piperidine rings is 1. The van der Waals surface area contributed by atoms with E-state index in [1.807, 2.05) is 0 Å².